The van der Waals surface area contributed by atoms with Gasteiger partial charge in [0.05, 0.1) is 11.4 Å². The van der Waals surface area contributed by atoms with Crippen LogP contribution in [0, 0.1) is 16.2 Å². The van der Waals surface area contributed by atoms with Crippen LogP contribution in [0.5, 0.6) is 0 Å². The van der Waals surface area contributed by atoms with Crippen LogP contribution in [-0.2, 0) is 0 Å². The van der Waals surface area contributed by atoms with Gasteiger partial charge in [-0.15, -0.1) is 4.91 Å². The molecule has 0 atom stereocenters. The van der Waals surface area contributed by atoms with E-state index in [-0.39, 0.29) is 6.54 Å². The van der Waals surface area contributed by atoms with Crippen LogP contribution in [0.25, 0.3) is 0 Å². The summed E-state index contributed by atoms with van der Waals surface area (Å²) in [4.78, 5) is 10.3. The number of rotatable bonds is 3. The highest BCUT2D eigenvalue weighted by Crippen LogP contribution is 2.11. The number of nitriles is 1. The van der Waals surface area contributed by atoms with Gasteiger partial charge in [0.25, 0.3) is 0 Å². The first-order chi connectivity index (χ1) is 5.88. The first-order valence-electron chi connectivity index (χ1n) is 3.69. The highest BCUT2D eigenvalue weighted by Gasteiger charge is 2.17. The molecule has 0 aromatic carbocycles. The molecule has 1 saturated heterocycles. The molecule has 0 radical (unpaired) electrons. The third-order valence-corrected chi connectivity index (χ3v) is 2.56. The molecule has 1 rings (SSSR count). The van der Waals surface area contributed by atoms with Crippen molar-refractivity contribution in [2.75, 3.05) is 31.1 Å². The van der Waals surface area contributed by atoms with Crippen molar-refractivity contribution in [3.8, 4) is 6.07 Å². The molecule has 1 fully saturated rings. The second kappa shape index (κ2) is 4.95. The summed E-state index contributed by atoms with van der Waals surface area (Å²) >= 11 is 1.85. The summed E-state index contributed by atoms with van der Waals surface area (Å²) in [5.41, 5.74) is 0. The Morgan fingerprint density at radius 1 is 1.58 bits per heavy atom. The Morgan fingerprint density at radius 2 is 2.25 bits per heavy atom. The lowest BCUT2D eigenvalue weighted by Gasteiger charge is -2.30. The van der Waals surface area contributed by atoms with Gasteiger partial charge in [0, 0.05) is 24.6 Å². The first-order valence-corrected chi connectivity index (χ1v) is 4.84. The molecule has 12 heavy (non-hydrogen) atoms. The molecular weight excluding hydrogens is 176 g/mol. The van der Waals surface area contributed by atoms with Crippen molar-refractivity contribution in [1.29, 1.82) is 5.26 Å². The summed E-state index contributed by atoms with van der Waals surface area (Å²) in [5.74, 6) is 1.99. The van der Waals surface area contributed by atoms with Gasteiger partial charge in [0.1, 0.15) is 6.54 Å². The molecule has 1 aliphatic rings. The topological polar surface area (TPSA) is 59.7 Å². The van der Waals surface area contributed by atoms with Gasteiger partial charge in [0.2, 0.25) is 0 Å². The fraction of sp³-hybridized carbons (Fsp3) is 0.833. The van der Waals surface area contributed by atoms with Gasteiger partial charge in [-0.05, 0) is 0 Å². The lowest BCUT2D eigenvalue weighted by molar-refractivity contribution is -0.00395. The molecule has 6 heteroatoms. The Labute approximate surface area is 75.2 Å². The molecule has 0 spiro atoms. The van der Waals surface area contributed by atoms with Crippen LogP contribution in [-0.4, -0.2) is 41.3 Å². The highest BCUT2D eigenvalue weighted by atomic mass is 32.2. The van der Waals surface area contributed by atoms with Crippen LogP contribution in [0.4, 0.5) is 0 Å². The van der Waals surface area contributed by atoms with Gasteiger partial charge >= 0.3 is 0 Å². The maximum Gasteiger partial charge on any atom is 0.143 e. The zero-order valence-electron chi connectivity index (χ0n) is 6.64. The average molecular weight is 186 g/mol. The molecule has 0 aromatic heterocycles. The SMILES string of the molecule is N#CCN(N=O)N1CCSCC1. The van der Waals surface area contributed by atoms with Crippen LogP contribution in [0.1, 0.15) is 0 Å². The summed E-state index contributed by atoms with van der Waals surface area (Å²) in [6.45, 7) is 1.66. The minimum atomic E-state index is 0.0498. The molecule has 5 nitrogen and oxygen atoms in total. The predicted molar refractivity (Wildman–Crippen MR) is 47.0 cm³/mol. The normalized spacial score (nSPS) is 18.2. The van der Waals surface area contributed by atoms with Crippen molar-refractivity contribution in [1.82, 2.24) is 10.1 Å². The molecule has 0 bridgehead atoms. The van der Waals surface area contributed by atoms with Crippen molar-refractivity contribution >= 4 is 11.8 Å². The predicted octanol–water partition coefficient (Wildman–Crippen LogP) is 0.457. The van der Waals surface area contributed by atoms with Crippen LogP contribution >= 0.6 is 11.8 Å². The Bertz CT molecular complexity index is 186. The lowest BCUT2D eigenvalue weighted by atomic mass is 10.6. The van der Waals surface area contributed by atoms with Gasteiger partial charge in [-0.25, -0.2) is 0 Å². The third kappa shape index (κ3) is 2.36. The Morgan fingerprint density at radius 3 is 2.75 bits per heavy atom. The fourth-order valence-electron chi connectivity index (χ4n) is 1.03. The van der Waals surface area contributed by atoms with Gasteiger partial charge in [-0.3, -0.25) is 0 Å². The van der Waals surface area contributed by atoms with E-state index in [2.05, 4.69) is 5.29 Å². The average Bonchev–Trinajstić information content (AvgIpc) is 2.15. The summed E-state index contributed by atoms with van der Waals surface area (Å²) in [7, 11) is 0. The van der Waals surface area contributed by atoms with E-state index in [1.165, 1.54) is 5.12 Å². The number of hydrazine groups is 1. The van der Waals surface area contributed by atoms with Gasteiger partial charge in [-0.1, -0.05) is 0 Å². The number of nitroso groups, excluding NO2 is 1. The van der Waals surface area contributed by atoms with E-state index in [0.29, 0.717) is 0 Å². The molecule has 0 aliphatic carbocycles. The molecule has 0 aromatic rings. The molecule has 1 heterocycles. The Balaban J connectivity index is 2.41. The second-order valence-corrected chi connectivity index (χ2v) is 3.56. The van der Waals surface area contributed by atoms with Gasteiger partial charge in [0.15, 0.2) is 0 Å². The summed E-state index contributed by atoms with van der Waals surface area (Å²) < 4.78 is 0. The van der Waals surface area contributed by atoms with E-state index in [9.17, 15) is 4.91 Å². The summed E-state index contributed by atoms with van der Waals surface area (Å²) in [6, 6.07) is 1.90. The number of thioether (sulfide) groups is 1. The lowest BCUT2D eigenvalue weighted by Crippen LogP contribution is -2.44. The van der Waals surface area contributed by atoms with Crippen LogP contribution < -0.4 is 0 Å². The van der Waals surface area contributed by atoms with E-state index >= 15 is 0 Å². The van der Waals surface area contributed by atoms with Crippen molar-refractivity contribution in [2.45, 2.75) is 0 Å². The largest absolute Gasteiger partial charge is 0.199 e. The highest BCUT2D eigenvalue weighted by molar-refractivity contribution is 7.99. The minimum Gasteiger partial charge on any atom is -0.199 e. The number of hydrogen-bond donors (Lipinski definition) is 0. The molecular formula is C6H10N4OS. The van der Waals surface area contributed by atoms with E-state index < -0.39 is 0 Å². The first kappa shape index (κ1) is 9.29. The van der Waals surface area contributed by atoms with E-state index in [1.54, 1.807) is 0 Å². The zero-order chi connectivity index (χ0) is 8.81. The van der Waals surface area contributed by atoms with Gasteiger partial charge < -0.3 is 0 Å². The second-order valence-electron chi connectivity index (χ2n) is 2.34. The molecule has 0 unspecified atom stereocenters. The minimum absolute atomic E-state index is 0.0498. The van der Waals surface area contributed by atoms with Gasteiger partial charge in [-0.2, -0.15) is 27.2 Å². The smallest absolute Gasteiger partial charge is 0.143 e. The zero-order valence-corrected chi connectivity index (χ0v) is 7.46. The monoisotopic (exact) mass is 186 g/mol. The standard InChI is InChI=1S/C6H10N4OS/c7-1-2-10(8-11)9-3-5-12-6-4-9/h2-6H2. The molecule has 0 saturated carbocycles. The molecule has 0 amide bonds. The summed E-state index contributed by atoms with van der Waals surface area (Å²) in [5, 5.41) is 14.2. The Kier molecular flexibility index (Phi) is 3.84. The quantitative estimate of drug-likeness (QED) is 0.364. The van der Waals surface area contributed by atoms with Crippen LogP contribution in [0.15, 0.2) is 5.29 Å². The van der Waals surface area contributed by atoms with Crippen LogP contribution in [0.2, 0.25) is 0 Å². The third-order valence-electron chi connectivity index (χ3n) is 1.62. The maximum atomic E-state index is 10.3. The molecule has 66 valence electrons. The molecule has 1 aliphatic heterocycles. The molecule has 0 N–H and O–H groups in total. The van der Waals surface area contributed by atoms with E-state index in [1.807, 2.05) is 22.8 Å². The van der Waals surface area contributed by atoms with Crippen molar-refractivity contribution in [3.63, 3.8) is 0 Å². The number of nitrogens with zero attached hydrogens (tertiary/aromatic N) is 4. The summed E-state index contributed by atoms with van der Waals surface area (Å²) in [6.07, 6.45) is 0. The van der Waals surface area contributed by atoms with Crippen molar-refractivity contribution < 1.29 is 0 Å². The van der Waals surface area contributed by atoms with E-state index in [0.717, 1.165) is 24.6 Å². The van der Waals surface area contributed by atoms with Crippen LogP contribution in [0.3, 0.4) is 0 Å². The number of hydrogen-bond acceptors (Lipinski definition) is 5. The Hall–Kier alpha value is -0.800. The van der Waals surface area contributed by atoms with Crippen molar-refractivity contribution in [2.24, 2.45) is 5.29 Å². The fourth-order valence-corrected chi connectivity index (χ4v) is 1.91. The van der Waals surface area contributed by atoms with Crippen molar-refractivity contribution in [3.05, 3.63) is 4.91 Å². The van der Waals surface area contributed by atoms with E-state index in [4.69, 9.17) is 5.26 Å². The maximum absolute atomic E-state index is 10.3.